The van der Waals surface area contributed by atoms with Gasteiger partial charge in [-0.15, -0.1) is 0 Å². The molecule has 0 aromatic heterocycles. The molecule has 0 bridgehead atoms. The van der Waals surface area contributed by atoms with Crippen LogP contribution in [0.2, 0.25) is 0 Å². The fraction of sp³-hybridized carbons (Fsp3) is 0.500. The molecule has 4 nitrogen and oxygen atoms in total. The first-order valence-electron chi connectivity index (χ1n) is 6.51. The van der Waals surface area contributed by atoms with Crippen molar-refractivity contribution in [1.29, 1.82) is 0 Å². The number of aliphatic hydroxyl groups is 1. The van der Waals surface area contributed by atoms with E-state index in [1.165, 1.54) is 5.56 Å². The molecule has 0 spiro atoms. The summed E-state index contributed by atoms with van der Waals surface area (Å²) >= 11 is 1.77. The lowest BCUT2D eigenvalue weighted by Crippen LogP contribution is -2.40. The van der Waals surface area contributed by atoms with Gasteiger partial charge in [0, 0.05) is 18.0 Å². The number of nitrogens with one attached hydrogen (secondary N) is 1. The van der Waals surface area contributed by atoms with Crippen molar-refractivity contribution in [1.82, 2.24) is 4.90 Å². The molecule has 2 N–H and O–H groups in total. The van der Waals surface area contributed by atoms with Gasteiger partial charge < -0.3 is 15.3 Å². The zero-order chi connectivity index (χ0) is 13.7. The van der Waals surface area contributed by atoms with E-state index >= 15 is 0 Å². The number of carbonyl (C=O) groups excluding carboxylic acids is 1. The van der Waals surface area contributed by atoms with Gasteiger partial charge in [0.2, 0.25) is 0 Å². The van der Waals surface area contributed by atoms with Crippen LogP contribution in [0.3, 0.4) is 0 Å². The first kappa shape index (κ1) is 14.2. The third-order valence-electron chi connectivity index (χ3n) is 3.36. The third kappa shape index (κ3) is 3.64. The smallest absolute Gasteiger partial charge is 0.322 e. The Hall–Kier alpha value is -1.20. The highest BCUT2D eigenvalue weighted by molar-refractivity contribution is 7.97. The lowest BCUT2D eigenvalue weighted by molar-refractivity contribution is 0.166. The first-order valence-corrected chi connectivity index (χ1v) is 7.90. The number of amides is 2. The highest BCUT2D eigenvalue weighted by Gasteiger charge is 2.27. The molecule has 1 aromatic rings. The van der Waals surface area contributed by atoms with E-state index in [0.717, 1.165) is 30.8 Å². The van der Waals surface area contributed by atoms with Gasteiger partial charge in [-0.3, -0.25) is 0 Å². The number of thioether (sulfide) groups is 1. The van der Waals surface area contributed by atoms with E-state index in [4.69, 9.17) is 0 Å². The summed E-state index contributed by atoms with van der Waals surface area (Å²) in [6.45, 7) is 0.766. The molecule has 0 aliphatic carbocycles. The summed E-state index contributed by atoms with van der Waals surface area (Å²) in [5.41, 5.74) is 2.05. The van der Waals surface area contributed by atoms with E-state index in [2.05, 4.69) is 11.6 Å². The van der Waals surface area contributed by atoms with Crippen molar-refractivity contribution in [3.8, 4) is 0 Å². The molecule has 2 amide bonds. The van der Waals surface area contributed by atoms with Crippen LogP contribution >= 0.6 is 11.8 Å². The topological polar surface area (TPSA) is 52.6 Å². The molecular weight excluding hydrogens is 260 g/mol. The number of likely N-dealkylation sites (tertiary alicyclic amines) is 1. The van der Waals surface area contributed by atoms with Crippen molar-refractivity contribution in [3.63, 3.8) is 0 Å². The van der Waals surface area contributed by atoms with E-state index < -0.39 is 0 Å². The Morgan fingerprint density at radius 1 is 1.47 bits per heavy atom. The molecule has 1 fully saturated rings. The average Bonchev–Trinajstić information content (AvgIpc) is 2.90. The quantitative estimate of drug-likeness (QED) is 0.891. The summed E-state index contributed by atoms with van der Waals surface area (Å²) in [5, 5.41) is 12.1. The fourth-order valence-electron chi connectivity index (χ4n) is 2.34. The second-order valence-corrected chi connectivity index (χ2v) is 5.60. The molecule has 1 aliphatic heterocycles. The minimum absolute atomic E-state index is 0.0317. The molecule has 0 unspecified atom stereocenters. The number of nitrogens with zero attached hydrogens (tertiary/aromatic N) is 1. The van der Waals surface area contributed by atoms with E-state index in [9.17, 15) is 9.90 Å². The van der Waals surface area contributed by atoms with Crippen molar-refractivity contribution in [2.75, 3.05) is 24.7 Å². The second-order valence-electron chi connectivity index (χ2n) is 4.73. The van der Waals surface area contributed by atoms with Crippen LogP contribution in [-0.2, 0) is 5.75 Å². The van der Waals surface area contributed by atoms with Gasteiger partial charge in [-0.1, -0.05) is 12.1 Å². The van der Waals surface area contributed by atoms with Crippen LogP contribution in [0.15, 0.2) is 24.3 Å². The normalized spacial score (nSPS) is 18.6. The lowest BCUT2D eigenvalue weighted by Gasteiger charge is -2.23. The molecule has 1 aliphatic rings. The highest BCUT2D eigenvalue weighted by Crippen LogP contribution is 2.19. The van der Waals surface area contributed by atoms with Gasteiger partial charge in [0.25, 0.3) is 0 Å². The molecule has 104 valence electrons. The van der Waals surface area contributed by atoms with Crippen molar-refractivity contribution >= 4 is 23.5 Å². The van der Waals surface area contributed by atoms with Crippen molar-refractivity contribution < 1.29 is 9.90 Å². The van der Waals surface area contributed by atoms with Crippen LogP contribution < -0.4 is 5.32 Å². The zero-order valence-corrected chi connectivity index (χ0v) is 11.9. The Morgan fingerprint density at radius 2 is 2.21 bits per heavy atom. The van der Waals surface area contributed by atoms with E-state index in [0.29, 0.717) is 0 Å². The molecule has 0 radical (unpaired) electrons. The first-order chi connectivity index (χ1) is 9.24. The number of rotatable bonds is 4. The largest absolute Gasteiger partial charge is 0.394 e. The van der Waals surface area contributed by atoms with Gasteiger partial charge in [-0.2, -0.15) is 11.8 Å². The molecule has 1 aromatic carbocycles. The molecule has 0 saturated carbocycles. The summed E-state index contributed by atoms with van der Waals surface area (Å²) in [4.78, 5) is 13.8. The summed E-state index contributed by atoms with van der Waals surface area (Å²) in [7, 11) is 0. The number of anilines is 1. The summed E-state index contributed by atoms with van der Waals surface area (Å²) in [5.74, 6) is 0.979. The Morgan fingerprint density at radius 3 is 2.84 bits per heavy atom. The van der Waals surface area contributed by atoms with Crippen LogP contribution in [0, 0.1) is 0 Å². The van der Waals surface area contributed by atoms with Gasteiger partial charge in [0.1, 0.15) is 0 Å². The predicted octanol–water partition coefficient (Wildman–Crippen LogP) is 2.54. The van der Waals surface area contributed by atoms with Gasteiger partial charge in [-0.25, -0.2) is 4.79 Å². The van der Waals surface area contributed by atoms with Crippen LogP contribution in [0.25, 0.3) is 0 Å². The zero-order valence-electron chi connectivity index (χ0n) is 11.1. The second kappa shape index (κ2) is 6.82. The Kier molecular flexibility index (Phi) is 5.10. The maximum absolute atomic E-state index is 12.1. The SMILES string of the molecule is CSCc1ccc(NC(=O)N2CCC[C@H]2CO)cc1. The molecule has 5 heteroatoms. The fourth-order valence-corrected chi connectivity index (χ4v) is 2.86. The molecular formula is C14H20N2O2S. The summed E-state index contributed by atoms with van der Waals surface area (Å²) in [6, 6.07) is 7.75. The third-order valence-corrected chi connectivity index (χ3v) is 3.99. The molecule has 1 saturated heterocycles. The molecule has 1 atom stereocenters. The van der Waals surface area contributed by atoms with Crippen LogP contribution in [0.4, 0.5) is 10.5 Å². The standard InChI is InChI=1S/C14H20N2O2S/c1-19-10-11-4-6-12(7-5-11)15-14(18)16-8-2-3-13(16)9-17/h4-7,13,17H,2-3,8-10H2,1H3,(H,15,18)/t13-/m0/s1. The highest BCUT2D eigenvalue weighted by atomic mass is 32.2. The molecule has 19 heavy (non-hydrogen) atoms. The van der Waals surface area contributed by atoms with Crippen LogP contribution in [0.1, 0.15) is 18.4 Å². The van der Waals surface area contributed by atoms with Crippen LogP contribution in [-0.4, -0.2) is 41.5 Å². The van der Waals surface area contributed by atoms with E-state index in [-0.39, 0.29) is 18.7 Å². The Balaban J connectivity index is 1.94. The van der Waals surface area contributed by atoms with Gasteiger partial charge >= 0.3 is 6.03 Å². The molecule has 2 rings (SSSR count). The van der Waals surface area contributed by atoms with E-state index in [1.807, 2.05) is 24.3 Å². The lowest BCUT2D eigenvalue weighted by atomic mass is 10.2. The van der Waals surface area contributed by atoms with Gasteiger partial charge in [-0.05, 0) is 36.8 Å². The summed E-state index contributed by atoms with van der Waals surface area (Å²) in [6.07, 6.45) is 3.92. The van der Waals surface area contributed by atoms with E-state index in [1.54, 1.807) is 16.7 Å². The van der Waals surface area contributed by atoms with Crippen molar-refractivity contribution in [3.05, 3.63) is 29.8 Å². The summed E-state index contributed by atoms with van der Waals surface area (Å²) < 4.78 is 0. The number of hydrogen-bond acceptors (Lipinski definition) is 3. The maximum atomic E-state index is 12.1. The minimum Gasteiger partial charge on any atom is -0.394 e. The van der Waals surface area contributed by atoms with Crippen LogP contribution in [0.5, 0.6) is 0 Å². The number of benzene rings is 1. The monoisotopic (exact) mass is 280 g/mol. The Bertz CT molecular complexity index is 422. The maximum Gasteiger partial charge on any atom is 0.322 e. The average molecular weight is 280 g/mol. The van der Waals surface area contributed by atoms with Crippen molar-refractivity contribution in [2.45, 2.75) is 24.6 Å². The van der Waals surface area contributed by atoms with Crippen molar-refractivity contribution in [2.24, 2.45) is 0 Å². The van der Waals surface area contributed by atoms with Gasteiger partial charge in [0.05, 0.1) is 12.6 Å². The number of carbonyl (C=O) groups is 1. The minimum atomic E-state index is -0.117. The predicted molar refractivity (Wildman–Crippen MR) is 79.5 cm³/mol. The number of urea groups is 1. The molecule has 1 heterocycles. The van der Waals surface area contributed by atoms with Gasteiger partial charge in [0.15, 0.2) is 0 Å². The Labute approximate surface area is 118 Å². The number of aliphatic hydroxyl groups excluding tert-OH is 1. The number of hydrogen-bond donors (Lipinski definition) is 2.